The highest BCUT2D eigenvalue weighted by atomic mass is 32.2. The smallest absolute Gasteiger partial charge is 0.104 e. The number of hydrogen-bond acceptors (Lipinski definition) is 2. The average Bonchev–Trinajstić information content (AvgIpc) is 2.13. The molecule has 0 saturated carbocycles. The number of hydrogen-bond donors (Lipinski definition) is 1. The van der Waals surface area contributed by atoms with Crippen LogP contribution in [0, 0.1) is 18.8 Å². The first-order chi connectivity index (χ1) is 6.33. The lowest BCUT2D eigenvalue weighted by atomic mass is 10.2. The molecule has 0 bridgehead atoms. The molecular weight excluding hydrogens is 180 g/mol. The molecule has 0 aliphatic rings. The van der Waals surface area contributed by atoms with E-state index < -0.39 is 0 Å². The highest BCUT2D eigenvalue weighted by molar-refractivity contribution is 7.99. The van der Waals surface area contributed by atoms with Crippen LogP contribution in [-0.4, -0.2) is 17.5 Å². The number of aliphatic hydroxyl groups excluding tert-OH is 1. The predicted octanol–water partition coefficient (Wildman–Crippen LogP) is 2.08. The van der Waals surface area contributed by atoms with E-state index >= 15 is 0 Å². The molecule has 0 aromatic heterocycles. The van der Waals surface area contributed by atoms with Crippen LogP contribution in [0.3, 0.4) is 0 Å². The second kappa shape index (κ2) is 5.69. The molecule has 0 saturated heterocycles. The van der Waals surface area contributed by atoms with E-state index in [2.05, 4.69) is 37.0 Å². The zero-order valence-electron chi connectivity index (χ0n) is 7.58. The normalized spacial score (nSPS) is 9.08. The minimum atomic E-state index is -0.0472. The predicted molar refractivity (Wildman–Crippen MR) is 56.8 cm³/mol. The third-order valence-electron chi connectivity index (χ3n) is 1.50. The Morgan fingerprint density at radius 1 is 1.38 bits per heavy atom. The molecule has 0 aliphatic carbocycles. The topological polar surface area (TPSA) is 20.2 Å². The molecule has 1 aromatic rings. The Morgan fingerprint density at radius 3 is 2.92 bits per heavy atom. The molecule has 0 heterocycles. The third kappa shape index (κ3) is 4.02. The molecule has 0 aliphatic heterocycles. The van der Waals surface area contributed by atoms with Crippen molar-refractivity contribution in [2.45, 2.75) is 11.8 Å². The van der Waals surface area contributed by atoms with Crippen molar-refractivity contribution in [1.29, 1.82) is 0 Å². The summed E-state index contributed by atoms with van der Waals surface area (Å²) >= 11 is 1.69. The molecule has 0 unspecified atom stereocenters. The van der Waals surface area contributed by atoms with Crippen LogP contribution in [0.4, 0.5) is 0 Å². The van der Waals surface area contributed by atoms with Crippen LogP contribution < -0.4 is 0 Å². The van der Waals surface area contributed by atoms with Gasteiger partial charge < -0.3 is 5.11 Å². The summed E-state index contributed by atoms with van der Waals surface area (Å²) in [5, 5.41) is 8.42. The maximum atomic E-state index is 8.42. The SMILES string of the molecule is Cc1cccc(SCC#CCO)c1. The molecule has 0 radical (unpaired) electrons. The first kappa shape index (κ1) is 10.2. The number of benzene rings is 1. The van der Waals surface area contributed by atoms with Crippen molar-refractivity contribution < 1.29 is 5.11 Å². The van der Waals surface area contributed by atoms with Crippen LogP contribution in [0.1, 0.15) is 5.56 Å². The molecule has 0 spiro atoms. The van der Waals surface area contributed by atoms with Crippen LogP contribution >= 0.6 is 11.8 Å². The van der Waals surface area contributed by atoms with E-state index in [-0.39, 0.29) is 6.61 Å². The quantitative estimate of drug-likeness (QED) is 0.572. The molecular formula is C11H12OS. The van der Waals surface area contributed by atoms with E-state index in [1.807, 2.05) is 6.07 Å². The summed E-state index contributed by atoms with van der Waals surface area (Å²) < 4.78 is 0. The molecule has 68 valence electrons. The van der Waals surface area contributed by atoms with Crippen LogP contribution in [0.2, 0.25) is 0 Å². The maximum Gasteiger partial charge on any atom is 0.104 e. The first-order valence-corrected chi connectivity index (χ1v) is 5.07. The lowest BCUT2D eigenvalue weighted by molar-refractivity contribution is 0.350. The average molecular weight is 192 g/mol. The number of aliphatic hydroxyl groups is 1. The van der Waals surface area contributed by atoms with Crippen molar-refractivity contribution >= 4 is 11.8 Å². The summed E-state index contributed by atoms with van der Waals surface area (Å²) in [6.45, 7) is 2.03. The van der Waals surface area contributed by atoms with Crippen molar-refractivity contribution in [2.75, 3.05) is 12.4 Å². The Hall–Kier alpha value is -0.910. The summed E-state index contributed by atoms with van der Waals surface area (Å²) in [4.78, 5) is 1.23. The highest BCUT2D eigenvalue weighted by Crippen LogP contribution is 2.17. The fourth-order valence-electron chi connectivity index (χ4n) is 0.931. The summed E-state index contributed by atoms with van der Waals surface area (Å²) in [7, 11) is 0. The van der Waals surface area contributed by atoms with E-state index in [0.29, 0.717) is 0 Å². The van der Waals surface area contributed by atoms with Gasteiger partial charge in [-0.15, -0.1) is 11.8 Å². The van der Waals surface area contributed by atoms with Crippen LogP contribution in [0.5, 0.6) is 0 Å². The van der Waals surface area contributed by atoms with Crippen molar-refractivity contribution in [3.05, 3.63) is 29.8 Å². The summed E-state index contributed by atoms with van der Waals surface area (Å²) in [5.74, 6) is 6.22. The van der Waals surface area contributed by atoms with Crippen molar-refractivity contribution in [2.24, 2.45) is 0 Å². The van der Waals surface area contributed by atoms with Gasteiger partial charge in [0, 0.05) is 4.90 Å². The van der Waals surface area contributed by atoms with Gasteiger partial charge in [0.25, 0.3) is 0 Å². The maximum absolute atomic E-state index is 8.42. The molecule has 0 fully saturated rings. The van der Waals surface area contributed by atoms with Gasteiger partial charge >= 0.3 is 0 Å². The number of thioether (sulfide) groups is 1. The van der Waals surface area contributed by atoms with Gasteiger partial charge in [0.1, 0.15) is 6.61 Å². The van der Waals surface area contributed by atoms with Crippen LogP contribution in [0.15, 0.2) is 29.2 Å². The van der Waals surface area contributed by atoms with E-state index in [1.165, 1.54) is 10.5 Å². The third-order valence-corrected chi connectivity index (χ3v) is 2.38. The van der Waals surface area contributed by atoms with Gasteiger partial charge in [-0.25, -0.2) is 0 Å². The molecule has 2 heteroatoms. The minimum absolute atomic E-state index is 0.0472. The number of rotatable bonds is 2. The van der Waals surface area contributed by atoms with Gasteiger partial charge in [0.15, 0.2) is 0 Å². The van der Waals surface area contributed by atoms with Crippen molar-refractivity contribution in [1.82, 2.24) is 0 Å². The molecule has 13 heavy (non-hydrogen) atoms. The molecule has 0 amide bonds. The zero-order chi connectivity index (χ0) is 9.52. The molecule has 1 aromatic carbocycles. The van der Waals surface area contributed by atoms with Crippen LogP contribution in [0.25, 0.3) is 0 Å². The van der Waals surface area contributed by atoms with Crippen LogP contribution in [-0.2, 0) is 0 Å². The lowest BCUT2D eigenvalue weighted by Gasteiger charge is -1.97. The largest absolute Gasteiger partial charge is 0.384 e. The highest BCUT2D eigenvalue weighted by Gasteiger charge is 1.90. The van der Waals surface area contributed by atoms with Gasteiger partial charge in [-0.05, 0) is 19.1 Å². The molecule has 1 N–H and O–H groups in total. The van der Waals surface area contributed by atoms with Gasteiger partial charge in [-0.3, -0.25) is 0 Å². The summed E-state index contributed by atoms with van der Waals surface area (Å²) in [6.07, 6.45) is 0. The summed E-state index contributed by atoms with van der Waals surface area (Å²) in [5.41, 5.74) is 1.26. The number of aryl methyl sites for hydroxylation is 1. The fourth-order valence-corrected chi connectivity index (χ4v) is 1.72. The Kier molecular flexibility index (Phi) is 4.45. The molecule has 0 atom stereocenters. The van der Waals surface area contributed by atoms with E-state index in [1.54, 1.807) is 11.8 Å². The Balaban J connectivity index is 2.45. The van der Waals surface area contributed by atoms with Gasteiger partial charge in [0.2, 0.25) is 0 Å². The Labute approximate surface area is 83.2 Å². The Bertz CT molecular complexity index is 322. The van der Waals surface area contributed by atoms with Crippen molar-refractivity contribution in [3.63, 3.8) is 0 Å². The van der Waals surface area contributed by atoms with E-state index in [0.717, 1.165) is 5.75 Å². The second-order valence-corrected chi connectivity index (χ2v) is 3.67. The van der Waals surface area contributed by atoms with Gasteiger partial charge in [-0.1, -0.05) is 29.5 Å². The zero-order valence-corrected chi connectivity index (χ0v) is 8.40. The molecule has 1 nitrogen and oxygen atoms in total. The van der Waals surface area contributed by atoms with Gasteiger partial charge in [0.05, 0.1) is 5.75 Å². The summed E-state index contributed by atoms with van der Waals surface area (Å²) in [6, 6.07) is 8.31. The first-order valence-electron chi connectivity index (χ1n) is 4.09. The van der Waals surface area contributed by atoms with E-state index in [4.69, 9.17) is 5.11 Å². The fraction of sp³-hybridized carbons (Fsp3) is 0.273. The minimum Gasteiger partial charge on any atom is -0.384 e. The van der Waals surface area contributed by atoms with Crippen molar-refractivity contribution in [3.8, 4) is 11.8 Å². The van der Waals surface area contributed by atoms with E-state index in [9.17, 15) is 0 Å². The molecule has 1 rings (SSSR count). The monoisotopic (exact) mass is 192 g/mol. The van der Waals surface area contributed by atoms with Gasteiger partial charge in [-0.2, -0.15) is 0 Å². The lowest BCUT2D eigenvalue weighted by Crippen LogP contribution is -1.78. The second-order valence-electron chi connectivity index (χ2n) is 2.62. The Morgan fingerprint density at radius 2 is 2.23 bits per heavy atom. The standard InChI is InChI=1S/C11H12OS/c1-10-5-4-6-11(9-10)13-8-3-2-7-12/h4-6,9,12H,7-8H2,1H3.